The van der Waals surface area contributed by atoms with Gasteiger partial charge in [-0.15, -0.1) is 0 Å². The Morgan fingerprint density at radius 1 is 0.839 bits per heavy atom. The monoisotopic (exact) mass is 412 g/mol. The minimum Gasteiger partial charge on any atom is -0.333 e. The molecule has 1 heterocycles. The van der Waals surface area contributed by atoms with Gasteiger partial charge in [-0.2, -0.15) is 0 Å². The molecule has 0 radical (unpaired) electrons. The number of carbonyl (C=O) groups excluding carboxylic acids is 1. The minimum absolute atomic E-state index is 0.162. The smallest absolute Gasteiger partial charge is 0.254 e. The number of piperazine rings is 1. The number of benzene rings is 3. The van der Waals surface area contributed by atoms with Crippen molar-refractivity contribution in [3.63, 3.8) is 0 Å². The van der Waals surface area contributed by atoms with Crippen LogP contribution in [-0.4, -0.2) is 47.9 Å². The van der Waals surface area contributed by atoms with Gasteiger partial charge in [0, 0.05) is 37.8 Å². The van der Waals surface area contributed by atoms with Crippen molar-refractivity contribution in [3.8, 4) is 0 Å². The van der Waals surface area contributed by atoms with Crippen molar-refractivity contribution in [1.82, 2.24) is 9.80 Å². The second-order valence-corrected chi connectivity index (χ2v) is 8.75. The summed E-state index contributed by atoms with van der Waals surface area (Å²) in [5.74, 6) is 0.162. The molecule has 1 atom stereocenters. The Kier molecular flexibility index (Phi) is 6.83. The molecule has 0 N–H and O–H groups in total. The molecule has 1 fully saturated rings. The Labute approximate surface area is 186 Å². The van der Waals surface area contributed by atoms with Gasteiger partial charge in [-0.05, 0) is 49.9 Å². The van der Waals surface area contributed by atoms with Gasteiger partial charge >= 0.3 is 0 Å². The third kappa shape index (κ3) is 5.62. The van der Waals surface area contributed by atoms with Gasteiger partial charge in [0.25, 0.3) is 5.91 Å². The maximum atomic E-state index is 13.5. The van der Waals surface area contributed by atoms with Gasteiger partial charge in [0.15, 0.2) is 0 Å². The third-order valence-electron chi connectivity index (χ3n) is 6.17. The molecule has 0 bridgehead atoms. The molecule has 160 valence electrons. The van der Waals surface area contributed by atoms with E-state index < -0.39 is 0 Å². The van der Waals surface area contributed by atoms with Crippen LogP contribution >= 0.6 is 0 Å². The zero-order chi connectivity index (χ0) is 21.6. The van der Waals surface area contributed by atoms with E-state index in [1.165, 1.54) is 11.1 Å². The van der Waals surface area contributed by atoms with E-state index >= 15 is 0 Å². The van der Waals surface area contributed by atoms with Crippen LogP contribution in [0.15, 0.2) is 78.9 Å². The van der Waals surface area contributed by atoms with Crippen LogP contribution in [0.5, 0.6) is 0 Å². The highest BCUT2D eigenvalue weighted by molar-refractivity contribution is 5.95. The summed E-state index contributed by atoms with van der Waals surface area (Å²) in [5, 5.41) is 0. The zero-order valence-corrected chi connectivity index (χ0v) is 18.6. The Hall–Kier alpha value is -2.91. The zero-order valence-electron chi connectivity index (χ0n) is 18.6. The summed E-state index contributed by atoms with van der Waals surface area (Å²) in [5.41, 5.74) is 5.76. The van der Waals surface area contributed by atoms with Gasteiger partial charge in [-0.25, -0.2) is 0 Å². The molecule has 3 aromatic carbocycles. The van der Waals surface area contributed by atoms with E-state index in [4.69, 9.17) is 0 Å². The largest absolute Gasteiger partial charge is 0.333 e. The van der Waals surface area contributed by atoms with E-state index in [9.17, 15) is 4.79 Å². The summed E-state index contributed by atoms with van der Waals surface area (Å²) in [7, 11) is 0. The van der Waals surface area contributed by atoms with Gasteiger partial charge in [0.05, 0.1) is 0 Å². The second-order valence-electron chi connectivity index (χ2n) is 8.75. The number of nitrogens with zero attached hydrogens (tertiary/aromatic N) is 2. The molecule has 0 unspecified atom stereocenters. The predicted molar refractivity (Wildman–Crippen MR) is 127 cm³/mol. The highest BCUT2D eigenvalue weighted by atomic mass is 16.2. The molecule has 3 nitrogen and oxygen atoms in total. The molecule has 4 rings (SSSR count). The summed E-state index contributed by atoms with van der Waals surface area (Å²) in [4.78, 5) is 18.1. The van der Waals surface area contributed by atoms with Crippen molar-refractivity contribution in [3.05, 3.63) is 107 Å². The van der Waals surface area contributed by atoms with Gasteiger partial charge in [-0.3, -0.25) is 9.69 Å². The number of rotatable bonds is 6. The molecular formula is C28H32N2O. The number of carbonyl (C=O) groups is 1. The first-order valence-corrected chi connectivity index (χ1v) is 11.3. The molecule has 0 spiro atoms. The molecule has 3 heteroatoms. The molecule has 31 heavy (non-hydrogen) atoms. The van der Waals surface area contributed by atoms with Crippen molar-refractivity contribution in [2.24, 2.45) is 0 Å². The topological polar surface area (TPSA) is 23.6 Å². The second kappa shape index (κ2) is 9.93. The lowest BCUT2D eigenvalue weighted by molar-refractivity contribution is 0.0456. The average Bonchev–Trinajstić information content (AvgIpc) is 2.78. The quantitative estimate of drug-likeness (QED) is 0.574. The number of aryl methyl sites for hydroxylation is 2. The first-order chi connectivity index (χ1) is 15.1. The summed E-state index contributed by atoms with van der Waals surface area (Å²) in [6.45, 7) is 7.77. The van der Waals surface area contributed by atoms with Crippen molar-refractivity contribution in [2.45, 2.75) is 32.7 Å². The molecule has 3 aromatic rings. The van der Waals surface area contributed by atoms with Gasteiger partial charge < -0.3 is 4.90 Å². The van der Waals surface area contributed by atoms with Gasteiger partial charge in [0.2, 0.25) is 0 Å². The van der Waals surface area contributed by atoms with Crippen molar-refractivity contribution < 1.29 is 4.79 Å². The normalized spacial score (nSPS) is 17.0. The number of hydrogen-bond donors (Lipinski definition) is 0. The number of hydrogen-bond acceptors (Lipinski definition) is 2. The van der Waals surface area contributed by atoms with Crippen LogP contribution in [0.3, 0.4) is 0 Å². The minimum atomic E-state index is 0.162. The van der Waals surface area contributed by atoms with Crippen LogP contribution in [0.1, 0.15) is 32.6 Å². The standard InChI is InChI=1S/C28H32N2O/c1-22-17-23(2)19-26(18-22)28(31)30-16-15-29(14-13-24-9-5-3-6-10-24)21-27(30)20-25-11-7-4-8-12-25/h3-12,17-19,27H,13-16,20-21H2,1-2H3/t27-/m1/s1. The van der Waals surface area contributed by atoms with E-state index in [0.717, 1.165) is 55.7 Å². The Balaban J connectivity index is 1.50. The molecule has 0 saturated carbocycles. The molecule has 1 saturated heterocycles. The van der Waals surface area contributed by atoms with Crippen LogP contribution in [0.25, 0.3) is 0 Å². The fourth-order valence-electron chi connectivity index (χ4n) is 4.65. The molecular weight excluding hydrogens is 380 g/mol. The van der Waals surface area contributed by atoms with Crippen molar-refractivity contribution in [2.75, 3.05) is 26.2 Å². The van der Waals surface area contributed by atoms with Crippen LogP contribution in [0, 0.1) is 13.8 Å². The highest BCUT2D eigenvalue weighted by Gasteiger charge is 2.31. The predicted octanol–water partition coefficient (Wildman–Crippen LogP) is 4.92. The molecule has 0 aromatic heterocycles. The lowest BCUT2D eigenvalue weighted by atomic mass is 9.99. The Morgan fingerprint density at radius 2 is 1.45 bits per heavy atom. The van der Waals surface area contributed by atoms with E-state index in [1.807, 2.05) is 12.1 Å². The molecule has 1 amide bonds. The van der Waals surface area contributed by atoms with Gasteiger partial charge in [-0.1, -0.05) is 77.9 Å². The lowest BCUT2D eigenvalue weighted by Gasteiger charge is -2.42. The van der Waals surface area contributed by atoms with Crippen LogP contribution in [-0.2, 0) is 12.8 Å². The van der Waals surface area contributed by atoms with E-state index in [2.05, 4.69) is 90.4 Å². The van der Waals surface area contributed by atoms with E-state index in [-0.39, 0.29) is 11.9 Å². The summed E-state index contributed by atoms with van der Waals surface area (Å²) < 4.78 is 0. The summed E-state index contributed by atoms with van der Waals surface area (Å²) in [6, 6.07) is 27.6. The van der Waals surface area contributed by atoms with Crippen LogP contribution in [0.2, 0.25) is 0 Å². The third-order valence-corrected chi connectivity index (χ3v) is 6.17. The SMILES string of the molecule is Cc1cc(C)cc(C(=O)N2CCN(CCc3ccccc3)C[C@H]2Cc2ccccc2)c1. The Morgan fingerprint density at radius 3 is 2.10 bits per heavy atom. The van der Waals surface area contributed by atoms with Crippen molar-refractivity contribution >= 4 is 5.91 Å². The Bertz CT molecular complexity index is 980. The van der Waals surface area contributed by atoms with Crippen molar-refractivity contribution in [1.29, 1.82) is 0 Å². The fraction of sp³-hybridized carbons (Fsp3) is 0.321. The lowest BCUT2D eigenvalue weighted by Crippen LogP contribution is -2.56. The first-order valence-electron chi connectivity index (χ1n) is 11.3. The maximum Gasteiger partial charge on any atom is 0.254 e. The average molecular weight is 413 g/mol. The first kappa shape index (κ1) is 21.3. The van der Waals surface area contributed by atoms with E-state index in [1.54, 1.807) is 0 Å². The number of amides is 1. The van der Waals surface area contributed by atoms with Crippen LogP contribution < -0.4 is 0 Å². The van der Waals surface area contributed by atoms with Gasteiger partial charge in [0.1, 0.15) is 0 Å². The molecule has 1 aliphatic heterocycles. The fourth-order valence-corrected chi connectivity index (χ4v) is 4.65. The highest BCUT2D eigenvalue weighted by Crippen LogP contribution is 2.20. The summed E-state index contributed by atoms with van der Waals surface area (Å²) in [6.07, 6.45) is 1.93. The maximum absolute atomic E-state index is 13.5. The van der Waals surface area contributed by atoms with E-state index in [0.29, 0.717) is 0 Å². The molecule has 0 aliphatic carbocycles. The van der Waals surface area contributed by atoms with Crippen LogP contribution in [0.4, 0.5) is 0 Å². The molecule has 1 aliphatic rings. The summed E-state index contributed by atoms with van der Waals surface area (Å²) >= 11 is 0.